The highest BCUT2D eigenvalue weighted by Crippen LogP contribution is 1.96. The van der Waals surface area contributed by atoms with Crippen LogP contribution in [0, 0.1) is 0 Å². The van der Waals surface area contributed by atoms with E-state index in [-0.39, 0.29) is 5.91 Å². The van der Waals surface area contributed by atoms with Gasteiger partial charge in [0.15, 0.2) is 0 Å². The van der Waals surface area contributed by atoms with Gasteiger partial charge in [0.25, 0.3) is 5.91 Å². The predicted octanol–water partition coefficient (Wildman–Crippen LogP) is -0.532. The number of carbonyl (C=O) groups is 1. The van der Waals surface area contributed by atoms with Crippen molar-refractivity contribution < 1.29 is 4.79 Å². The number of carbonyl (C=O) groups excluding carboxylic acids is 1. The van der Waals surface area contributed by atoms with Gasteiger partial charge in [-0.25, -0.2) is 4.98 Å². The first-order valence-electron chi connectivity index (χ1n) is 4.38. The summed E-state index contributed by atoms with van der Waals surface area (Å²) >= 11 is 0. The van der Waals surface area contributed by atoms with Crippen LogP contribution >= 0.6 is 0 Å². The van der Waals surface area contributed by atoms with Gasteiger partial charge in [-0.3, -0.25) is 14.6 Å². The number of aromatic nitrogens is 5. The Balaban J connectivity index is 1.96. The zero-order chi connectivity index (χ0) is 10.7. The van der Waals surface area contributed by atoms with E-state index in [1.54, 1.807) is 19.3 Å². The van der Waals surface area contributed by atoms with Crippen LogP contribution in [0.2, 0.25) is 0 Å². The highest BCUT2D eigenvalue weighted by Gasteiger charge is 2.09. The molecule has 0 aliphatic rings. The molecule has 7 heteroatoms. The minimum Gasteiger partial charge on any atom is -0.343 e. The predicted molar refractivity (Wildman–Crippen MR) is 50.8 cm³/mol. The molecule has 0 fully saturated rings. The van der Waals surface area contributed by atoms with E-state index in [1.807, 2.05) is 0 Å². The van der Waals surface area contributed by atoms with Gasteiger partial charge in [0.05, 0.1) is 6.54 Å². The fourth-order valence-electron chi connectivity index (χ4n) is 1.17. The van der Waals surface area contributed by atoms with Crippen LogP contribution in [0.4, 0.5) is 0 Å². The fourth-order valence-corrected chi connectivity index (χ4v) is 1.17. The Morgan fingerprint density at radius 1 is 1.67 bits per heavy atom. The van der Waals surface area contributed by atoms with Crippen LogP contribution in [0.1, 0.15) is 16.3 Å². The SMILES string of the molecule is Cn1nccc1C(=O)NCc1ncn[nH]1. The molecule has 2 N–H and O–H groups in total. The summed E-state index contributed by atoms with van der Waals surface area (Å²) in [5.41, 5.74) is 0.509. The standard InChI is InChI=1S/C8H10N6O/c1-14-6(2-3-12-14)8(15)9-4-7-10-5-11-13-7/h2-3,5H,4H2,1H3,(H,9,15)(H,10,11,13). The van der Waals surface area contributed by atoms with Gasteiger partial charge in [-0.05, 0) is 6.07 Å². The minimum absolute atomic E-state index is 0.189. The van der Waals surface area contributed by atoms with Gasteiger partial charge in [-0.2, -0.15) is 10.2 Å². The van der Waals surface area contributed by atoms with Gasteiger partial charge >= 0.3 is 0 Å². The summed E-state index contributed by atoms with van der Waals surface area (Å²) in [6.07, 6.45) is 2.97. The minimum atomic E-state index is -0.189. The summed E-state index contributed by atoms with van der Waals surface area (Å²) in [6, 6.07) is 1.65. The summed E-state index contributed by atoms with van der Waals surface area (Å²) in [5.74, 6) is 0.428. The van der Waals surface area contributed by atoms with Crippen molar-refractivity contribution in [3.8, 4) is 0 Å². The van der Waals surface area contributed by atoms with Crippen LogP contribution in [0.25, 0.3) is 0 Å². The number of H-pyrrole nitrogens is 1. The largest absolute Gasteiger partial charge is 0.343 e. The molecule has 0 saturated heterocycles. The number of hydrogen-bond acceptors (Lipinski definition) is 4. The first-order valence-corrected chi connectivity index (χ1v) is 4.38. The van der Waals surface area contributed by atoms with Crippen molar-refractivity contribution in [2.45, 2.75) is 6.54 Å². The third-order valence-corrected chi connectivity index (χ3v) is 1.93. The van der Waals surface area contributed by atoms with E-state index >= 15 is 0 Å². The van der Waals surface area contributed by atoms with Crippen molar-refractivity contribution in [2.24, 2.45) is 7.05 Å². The lowest BCUT2D eigenvalue weighted by atomic mass is 10.4. The second-order valence-corrected chi connectivity index (χ2v) is 2.95. The molecule has 7 nitrogen and oxygen atoms in total. The highest BCUT2D eigenvalue weighted by molar-refractivity contribution is 5.92. The second kappa shape index (κ2) is 3.91. The van der Waals surface area contributed by atoms with Crippen molar-refractivity contribution in [2.75, 3.05) is 0 Å². The van der Waals surface area contributed by atoms with Crippen LogP contribution in [-0.2, 0) is 13.6 Å². The fraction of sp³-hybridized carbons (Fsp3) is 0.250. The monoisotopic (exact) mass is 206 g/mol. The molecule has 1 amide bonds. The van der Waals surface area contributed by atoms with E-state index in [2.05, 4.69) is 25.6 Å². The number of nitrogens with zero attached hydrogens (tertiary/aromatic N) is 4. The molecular weight excluding hydrogens is 196 g/mol. The van der Waals surface area contributed by atoms with Gasteiger partial charge in [0, 0.05) is 13.2 Å². The average Bonchev–Trinajstić information content (AvgIpc) is 2.84. The molecule has 2 aromatic rings. The Bertz CT molecular complexity index is 445. The maximum Gasteiger partial charge on any atom is 0.269 e. The van der Waals surface area contributed by atoms with Crippen molar-refractivity contribution >= 4 is 5.91 Å². The smallest absolute Gasteiger partial charge is 0.269 e. The van der Waals surface area contributed by atoms with Crippen molar-refractivity contribution in [3.63, 3.8) is 0 Å². The Hall–Kier alpha value is -2.18. The van der Waals surface area contributed by atoms with Gasteiger partial charge < -0.3 is 5.32 Å². The third-order valence-electron chi connectivity index (χ3n) is 1.93. The molecule has 78 valence electrons. The van der Waals surface area contributed by atoms with Gasteiger partial charge in [0.2, 0.25) is 0 Å². The normalized spacial score (nSPS) is 10.2. The number of aromatic amines is 1. The molecule has 2 heterocycles. The molecule has 0 unspecified atom stereocenters. The van der Waals surface area contributed by atoms with Crippen LogP contribution in [-0.4, -0.2) is 30.9 Å². The zero-order valence-corrected chi connectivity index (χ0v) is 8.14. The molecule has 2 aromatic heterocycles. The Morgan fingerprint density at radius 3 is 3.13 bits per heavy atom. The molecule has 0 aliphatic carbocycles. The Kier molecular flexibility index (Phi) is 2.44. The lowest BCUT2D eigenvalue weighted by Crippen LogP contribution is -2.25. The molecular formula is C8H10N6O. The van der Waals surface area contributed by atoms with Crippen LogP contribution in [0.5, 0.6) is 0 Å². The average molecular weight is 206 g/mol. The zero-order valence-electron chi connectivity index (χ0n) is 8.14. The Labute approximate surface area is 85.5 Å². The summed E-state index contributed by atoms with van der Waals surface area (Å²) in [5, 5.41) is 12.9. The van der Waals surface area contributed by atoms with E-state index in [9.17, 15) is 4.79 Å². The third kappa shape index (κ3) is 2.01. The van der Waals surface area contributed by atoms with Crippen LogP contribution in [0.3, 0.4) is 0 Å². The number of aryl methyl sites for hydroxylation is 1. The quantitative estimate of drug-likeness (QED) is 0.706. The molecule has 0 bridgehead atoms. The van der Waals surface area contributed by atoms with Crippen molar-refractivity contribution in [3.05, 3.63) is 30.1 Å². The number of hydrogen-bond donors (Lipinski definition) is 2. The molecule has 0 spiro atoms. The van der Waals surface area contributed by atoms with E-state index in [0.29, 0.717) is 18.1 Å². The first-order chi connectivity index (χ1) is 7.27. The van der Waals surface area contributed by atoms with Crippen molar-refractivity contribution in [1.82, 2.24) is 30.3 Å². The summed E-state index contributed by atoms with van der Waals surface area (Å²) in [4.78, 5) is 15.5. The molecule has 0 atom stereocenters. The topological polar surface area (TPSA) is 88.5 Å². The molecule has 0 radical (unpaired) electrons. The number of rotatable bonds is 3. The van der Waals surface area contributed by atoms with Crippen LogP contribution < -0.4 is 5.32 Å². The summed E-state index contributed by atoms with van der Waals surface area (Å²) in [6.45, 7) is 0.323. The molecule has 0 aliphatic heterocycles. The summed E-state index contributed by atoms with van der Waals surface area (Å²) in [7, 11) is 1.71. The lowest BCUT2D eigenvalue weighted by molar-refractivity contribution is 0.0940. The van der Waals surface area contributed by atoms with E-state index in [1.165, 1.54) is 11.0 Å². The molecule has 0 saturated carbocycles. The first kappa shape index (κ1) is 9.38. The van der Waals surface area contributed by atoms with Crippen LogP contribution in [0.15, 0.2) is 18.6 Å². The van der Waals surface area contributed by atoms with Crippen molar-refractivity contribution in [1.29, 1.82) is 0 Å². The molecule has 0 aromatic carbocycles. The lowest BCUT2D eigenvalue weighted by Gasteiger charge is -2.02. The maximum atomic E-state index is 11.6. The maximum absolute atomic E-state index is 11.6. The Morgan fingerprint density at radius 2 is 2.53 bits per heavy atom. The van der Waals surface area contributed by atoms with E-state index in [0.717, 1.165) is 0 Å². The molecule has 15 heavy (non-hydrogen) atoms. The van der Waals surface area contributed by atoms with Gasteiger partial charge in [-0.1, -0.05) is 0 Å². The number of nitrogens with one attached hydrogen (secondary N) is 2. The van der Waals surface area contributed by atoms with E-state index < -0.39 is 0 Å². The van der Waals surface area contributed by atoms with E-state index in [4.69, 9.17) is 0 Å². The second-order valence-electron chi connectivity index (χ2n) is 2.95. The summed E-state index contributed by atoms with van der Waals surface area (Å²) < 4.78 is 1.51. The number of amides is 1. The van der Waals surface area contributed by atoms with Gasteiger partial charge in [0.1, 0.15) is 17.8 Å². The molecule has 2 rings (SSSR count). The highest BCUT2D eigenvalue weighted by atomic mass is 16.2. The van der Waals surface area contributed by atoms with Gasteiger partial charge in [-0.15, -0.1) is 0 Å².